The molecule has 21 heavy (non-hydrogen) atoms. The van der Waals surface area contributed by atoms with Gasteiger partial charge < -0.3 is 4.74 Å². The van der Waals surface area contributed by atoms with E-state index in [0.29, 0.717) is 6.54 Å². The van der Waals surface area contributed by atoms with Gasteiger partial charge in [-0.3, -0.25) is 4.90 Å². The number of rotatable bonds is 1. The number of carbonyl (C=O) groups is 1. The fourth-order valence-corrected chi connectivity index (χ4v) is 3.11. The molecule has 3 heteroatoms. The molecule has 1 atom stereocenters. The summed E-state index contributed by atoms with van der Waals surface area (Å²) in [6.45, 7) is 2.77. The van der Waals surface area contributed by atoms with E-state index in [4.69, 9.17) is 4.74 Å². The van der Waals surface area contributed by atoms with Crippen LogP contribution in [0.2, 0.25) is 0 Å². The molecular formula is C18H19NO2. The molecule has 1 heterocycles. The highest BCUT2D eigenvalue weighted by molar-refractivity contribution is 5.70. The second-order valence-corrected chi connectivity index (χ2v) is 5.37. The highest BCUT2D eigenvalue weighted by Gasteiger charge is 2.33. The maximum atomic E-state index is 12.2. The van der Waals surface area contributed by atoms with Crippen molar-refractivity contribution >= 4 is 6.09 Å². The number of amides is 1. The molecule has 0 aromatic heterocycles. The first-order valence-corrected chi connectivity index (χ1v) is 7.20. The zero-order valence-corrected chi connectivity index (χ0v) is 12.4. The lowest BCUT2D eigenvalue weighted by Gasteiger charge is -2.37. The number of benzene rings is 2. The highest BCUT2D eigenvalue weighted by atomic mass is 16.5. The molecule has 2 aromatic carbocycles. The molecule has 0 bridgehead atoms. The molecule has 0 saturated carbocycles. The maximum absolute atomic E-state index is 12.2. The van der Waals surface area contributed by atoms with Gasteiger partial charge >= 0.3 is 6.09 Å². The fraction of sp³-hybridized carbons (Fsp3) is 0.278. The second kappa shape index (κ2) is 5.60. The maximum Gasteiger partial charge on any atom is 0.410 e. The molecule has 0 radical (unpaired) electrons. The Morgan fingerprint density at radius 1 is 1.10 bits per heavy atom. The van der Waals surface area contributed by atoms with Crippen LogP contribution in [0.15, 0.2) is 48.5 Å². The van der Waals surface area contributed by atoms with Crippen LogP contribution in [-0.4, -0.2) is 24.6 Å². The number of hydrogen-bond donors (Lipinski definition) is 0. The van der Waals surface area contributed by atoms with E-state index in [1.165, 1.54) is 23.8 Å². The summed E-state index contributed by atoms with van der Waals surface area (Å²) in [7, 11) is 1.44. The van der Waals surface area contributed by atoms with Gasteiger partial charge in [0.1, 0.15) is 0 Å². The van der Waals surface area contributed by atoms with Crippen LogP contribution in [-0.2, 0) is 11.2 Å². The summed E-state index contributed by atoms with van der Waals surface area (Å²) in [6.07, 6.45) is 0.603. The molecular weight excluding hydrogens is 262 g/mol. The third kappa shape index (κ3) is 2.40. The lowest BCUT2D eigenvalue weighted by Crippen LogP contribution is -2.40. The molecule has 1 aliphatic heterocycles. The van der Waals surface area contributed by atoms with Crippen molar-refractivity contribution in [3.63, 3.8) is 0 Å². The third-order valence-corrected chi connectivity index (χ3v) is 4.18. The summed E-state index contributed by atoms with van der Waals surface area (Å²) in [5.74, 6) is 0. The molecule has 0 N–H and O–H groups in total. The van der Waals surface area contributed by atoms with Gasteiger partial charge in [0.15, 0.2) is 0 Å². The van der Waals surface area contributed by atoms with E-state index >= 15 is 0 Å². The quantitative estimate of drug-likeness (QED) is 0.797. The van der Waals surface area contributed by atoms with Crippen LogP contribution in [0.1, 0.15) is 28.3 Å². The largest absolute Gasteiger partial charge is 0.453 e. The Balaban J connectivity index is 2.15. The molecule has 3 nitrogen and oxygen atoms in total. The van der Waals surface area contributed by atoms with Crippen LogP contribution >= 0.6 is 0 Å². The molecule has 1 aliphatic rings. The number of methoxy groups -OCH3 is 1. The molecule has 3 rings (SSSR count). The van der Waals surface area contributed by atoms with Gasteiger partial charge in [-0.25, -0.2) is 4.79 Å². The van der Waals surface area contributed by atoms with Crippen molar-refractivity contribution in [2.24, 2.45) is 0 Å². The average Bonchev–Trinajstić information content (AvgIpc) is 2.54. The first-order chi connectivity index (χ1) is 10.2. The van der Waals surface area contributed by atoms with Crippen LogP contribution < -0.4 is 0 Å². The number of nitrogens with zero attached hydrogens (tertiary/aromatic N) is 1. The minimum absolute atomic E-state index is 0.0661. The summed E-state index contributed by atoms with van der Waals surface area (Å²) < 4.78 is 4.98. The van der Waals surface area contributed by atoms with E-state index in [2.05, 4.69) is 37.3 Å². The predicted molar refractivity (Wildman–Crippen MR) is 82.3 cm³/mol. The molecule has 108 valence electrons. The van der Waals surface area contributed by atoms with Gasteiger partial charge in [0, 0.05) is 6.54 Å². The fourth-order valence-electron chi connectivity index (χ4n) is 3.11. The Hall–Kier alpha value is -2.29. The summed E-state index contributed by atoms with van der Waals surface area (Å²) in [5, 5.41) is 0. The van der Waals surface area contributed by atoms with Crippen molar-refractivity contribution in [1.82, 2.24) is 4.90 Å². The van der Waals surface area contributed by atoms with E-state index in [1.54, 1.807) is 0 Å². The van der Waals surface area contributed by atoms with Crippen molar-refractivity contribution < 1.29 is 9.53 Å². The Bertz CT molecular complexity index is 666. The average molecular weight is 281 g/mol. The number of hydrogen-bond acceptors (Lipinski definition) is 2. The van der Waals surface area contributed by atoms with Gasteiger partial charge in [0.25, 0.3) is 0 Å². The van der Waals surface area contributed by atoms with Crippen molar-refractivity contribution in [1.29, 1.82) is 0 Å². The van der Waals surface area contributed by atoms with E-state index < -0.39 is 0 Å². The molecule has 0 spiro atoms. The van der Waals surface area contributed by atoms with Crippen molar-refractivity contribution in [3.05, 3.63) is 70.8 Å². The molecule has 2 aromatic rings. The van der Waals surface area contributed by atoms with Crippen LogP contribution in [0.4, 0.5) is 4.79 Å². The molecule has 1 unspecified atom stereocenters. The lowest BCUT2D eigenvalue weighted by atomic mass is 9.87. The Kier molecular flexibility index (Phi) is 3.65. The molecule has 1 amide bonds. The number of ether oxygens (including phenoxy) is 1. The van der Waals surface area contributed by atoms with Crippen LogP contribution in [0, 0.1) is 6.92 Å². The van der Waals surface area contributed by atoms with Gasteiger partial charge in [0.2, 0.25) is 0 Å². The van der Waals surface area contributed by atoms with Crippen LogP contribution in [0.25, 0.3) is 0 Å². The Morgan fingerprint density at radius 2 is 1.76 bits per heavy atom. The Morgan fingerprint density at radius 3 is 2.48 bits per heavy atom. The second-order valence-electron chi connectivity index (χ2n) is 5.37. The van der Waals surface area contributed by atoms with Crippen LogP contribution in [0.3, 0.4) is 0 Å². The van der Waals surface area contributed by atoms with Gasteiger partial charge in [-0.2, -0.15) is 0 Å². The van der Waals surface area contributed by atoms with E-state index in [1.807, 2.05) is 23.1 Å². The van der Waals surface area contributed by atoms with Gasteiger partial charge in [-0.05, 0) is 35.6 Å². The van der Waals surface area contributed by atoms with Gasteiger partial charge in [0.05, 0.1) is 13.2 Å². The molecule has 0 fully saturated rings. The van der Waals surface area contributed by atoms with Gasteiger partial charge in [-0.1, -0.05) is 48.5 Å². The summed E-state index contributed by atoms with van der Waals surface area (Å²) >= 11 is 0. The molecule has 0 saturated heterocycles. The van der Waals surface area contributed by atoms with Crippen molar-refractivity contribution in [2.45, 2.75) is 19.4 Å². The zero-order valence-electron chi connectivity index (χ0n) is 12.4. The van der Waals surface area contributed by atoms with Crippen molar-refractivity contribution in [3.8, 4) is 0 Å². The number of carbonyl (C=O) groups excluding carboxylic acids is 1. The highest BCUT2D eigenvalue weighted by Crippen LogP contribution is 2.36. The number of aryl methyl sites for hydroxylation is 1. The summed E-state index contributed by atoms with van der Waals surface area (Å²) in [6, 6.07) is 16.5. The van der Waals surface area contributed by atoms with Gasteiger partial charge in [-0.15, -0.1) is 0 Å². The topological polar surface area (TPSA) is 29.5 Å². The first kappa shape index (κ1) is 13.7. The minimum Gasteiger partial charge on any atom is -0.453 e. The standard InChI is InChI=1S/C18H19NO2/c1-13-7-3-5-9-15(13)17-16-10-6-4-8-14(16)11-12-19(17)18(20)21-2/h3-10,17H,11-12H2,1-2H3. The monoisotopic (exact) mass is 281 g/mol. The zero-order chi connectivity index (χ0) is 14.8. The predicted octanol–water partition coefficient (Wildman–Crippen LogP) is 3.71. The van der Waals surface area contributed by atoms with E-state index in [9.17, 15) is 4.79 Å². The van der Waals surface area contributed by atoms with E-state index in [-0.39, 0.29) is 12.1 Å². The van der Waals surface area contributed by atoms with Crippen LogP contribution in [0.5, 0.6) is 0 Å². The SMILES string of the molecule is COC(=O)N1CCc2ccccc2C1c1ccccc1C. The summed E-state index contributed by atoms with van der Waals surface area (Å²) in [5.41, 5.74) is 4.86. The summed E-state index contributed by atoms with van der Waals surface area (Å²) in [4.78, 5) is 14.0. The number of fused-ring (bicyclic) bond motifs is 1. The minimum atomic E-state index is -0.266. The normalized spacial score (nSPS) is 17.2. The van der Waals surface area contributed by atoms with E-state index in [0.717, 1.165) is 12.0 Å². The lowest BCUT2D eigenvalue weighted by molar-refractivity contribution is 0.109. The molecule has 0 aliphatic carbocycles. The smallest absolute Gasteiger partial charge is 0.410 e. The van der Waals surface area contributed by atoms with Crippen molar-refractivity contribution in [2.75, 3.05) is 13.7 Å². The Labute approximate surface area is 125 Å². The third-order valence-electron chi connectivity index (χ3n) is 4.18. The first-order valence-electron chi connectivity index (χ1n) is 7.20.